The average Bonchev–Trinajstić information content (AvgIpc) is 2.77. The number of nitrogens with two attached hydrogens (primary N) is 1. The zero-order chi connectivity index (χ0) is 13.1. The summed E-state index contributed by atoms with van der Waals surface area (Å²) in [6.45, 7) is 4.60. The lowest BCUT2D eigenvalue weighted by molar-refractivity contribution is 0.617. The summed E-state index contributed by atoms with van der Waals surface area (Å²) in [7, 11) is 0. The fraction of sp³-hybridized carbons (Fsp3) is 0.364. The van der Waals surface area contributed by atoms with Gasteiger partial charge in [0.05, 0.1) is 17.7 Å². The lowest BCUT2D eigenvalue weighted by Gasteiger charge is -2.17. The minimum absolute atomic E-state index is 0.145. The van der Waals surface area contributed by atoms with Crippen LogP contribution in [0, 0.1) is 6.92 Å². The highest BCUT2D eigenvalue weighted by Gasteiger charge is 2.10. The summed E-state index contributed by atoms with van der Waals surface area (Å²) in [6, 6.07) is 0.145. The number of aromatic nitrogens is 4. The summed E-state index contributed by atoms with van der Waals surface area (Å²) in [5, 5.41) is 3.41. The molecule has 0 amide bonds. The Hall–Kier alpha value is -1.82. The third kappa shape index (κ3) is 2.89. The van der Waals surface area contributed by atoms with E-state index in [1.807, 2.05) is 17.7 Å². The Morgan fingerprint density at radius 3 is 2.94 bits per heavy atom. The van der Waals surface area contributed by atoms with Gasteiger partial charge in [0.25, 0.3) is 0 Å². The molecule has 0 saturated heterocycles. The molecule has 0 aliphatic rings. The van der Waals surface area contributed by atoms with Crippen LogP contribution in [0.25, 0.3) is 0 Å². The molecule has 0 aliphatic carbocycles. The van der Waals surface area contributed by atoms with Crippen LogP contribution in [0.4, 0.5) is 11.5 Å². The minimum Gasteiger partial charge on any atom is -0.394 e. The number of nitrogens with one attached hydrogen (secondary N) is 1. The fourth-order valence-electron chi connectivity index (χ4n) is 1.65. The van der Waals surface area contributed by atoms with Gasteiger partial charge in [-0.2, -0.15) is 4.98 Å². The van der Waals surface area contributed by atoms with Crippen LogP contribution < -0.4 is 11.1 Å². The molecule has 18 heavy (non-hydrogen) atoms. The molecule has 2 aromatic rings. The number of aryl methyl sites for hydroxylation is 1. The average molecular weight is 267 g/mol. The summed E-state index contributed by atoms with van der Waals surface area (Å²) >= 11 is 5.82. The Morgan fingerprint density at radius 1 is 1.50 bits per heavy atom. The molecule has 0 saturated carbocycles. The van der Waals surface area contributed by atoms with Crippen LogP contribution in [-0.2, 0) is 6.54 Å². The van der Waals surface area contributed by atoms with Crippen molar-refractivity contribution >= 4 is 23.1 Å². The summed E-state index contributed by atoms with van der Waals surface area (Å²) in [5.41, 5.74) is 7.11. The molecule has 1 atom stereocenters. The smallest absolute Gasteiger partial charge is 0.224 e. The highest BCUT2D eigenvalue weighted by molar-refractivity contribution is 6.28. The van der Waals surface area contributed by atoms with E-state index >= 15 is 0 Å². The highest BCUT2D eigenvalue weighted by Crippen LogP contribution is 2.21. The van der Waals surface area contributed by atoms with Gasteiger partial charge in [0.15, 0.2) is 5.82 Å². The highest BCUT2D eigenvalue weighted by atomic mass is 35.5. The fourth-order valence-corrected chi connectivity index (χ4v) is 1.86. The van der Waals surface area contributed by atoms with Crippen molar-refractivity contribution < 1.29 is 0 Å². The predicted octanol–water partition coefficient (Wildman–Crippen LogP) is 1.72. The number of halogens is 1. The molecule has 6 nitrogen and oxygen atoms in total. The second kappa shape index (κ2) is 5.22. The van der Waals surface area contributed by atoms with Crippen LogP contribution in [-0.4, -0.2) is 25.6 Å². The summed E-state index contributed by atoms with van der Waals surface area (Å²) in [6.07, 6.45) is 5.41. The molecule has 0 aromatic carbocycles. The van der Waals surface area contributed by atoms with Gasteiger partial charge in [0.2, 0.25) is 5.28 Å². The van der Waals surface area contributed by atoms with Gasteiger partial charge in [-0.15, -0.1) is 0 Å². The van der Waals surface area contributed by atoms with Gasteiger partial charge in [-0.1, -0.05) is 0 Å². The zero-order valence-corrected chi connectivity index (χ0v) is 11.0. The van der Waals surface area contributed by atoms with E-state index in [-0.39, 0.29) is 11.3 Å². The maximum Gasteiger partial charge on any atom is 0.224 e. The number of nitrogens with zero attached hydrogens (tertiary/aromatic N) is 4. The van der Waals surface area contributed by atoms with E-state index in [4.69, 9.17) is 17.3 Å². The first-order valence-corrected chi connectivity index (χ1v) is 5.96. The van der Waals surface area contributed by atoms with Gasteiger partial charge in [0, 0.05) is 25.0 Å². The summed E-state index contributed by atoms with van der Waals surface area (Å²) in [5.74, 6) is 0.570. The van der Waals surface area contributed by atoms with Crippen molar-refractivity contribution in [2.45, 2.75) is 26.4 Å². The molecule has 0 bridgehead atoms. The monoisotopic (exact) mass is 266 g/mol. The molecule has 0 aliphatic heterocycles. The first-order chi connectivity index (χ1) is 8.56. The Balaban J connectivity index is 2.09. The van der Waals surface area contributed by atoms with E-state index in [9.17, 15) is 0 Å². The molecular weight excluding hydrogens is 252 g/mol. The molecular formula is C11H15ClN6. The minimum atomic E-state index is 0.145. The van der Waals surface area contributed by atoms with Gasteiger partial charge in [-0.05, 0) is 25.4 Å². The van der Waals surface area contributed by atoms with Crippen LogP contribution in [0.1, 0.15) is 12.6 Å². The van der Waals surface area contributed by atoms with Crippen molar-refractivity contribution in [1.82, 2.24) is 19.5 Å². The van der Waals surface area contributed by atoms with Gasteiger partial charge >= 0.3 is 0 Å². The Bertz CT molecular complexity index is 525. The van der Waals surface area contributed by atoms with E-state index < -0.39 is 0 Å². The van der Waals surface area contributed by atoms with Gasteiger partial charge in [-0.25, -0.2) is 9.97 Å². The van der Waals surface area contributed by atoms with Crippen molar-refractivity contribution in [3.63, 3.8) is 0 Å². The van der Waals surface area contributed by atoms with Crippen molar-refractivity contribution in [2.75, 3.05) is 11.1 Å². The quantitative estimate of drug-likeness (QED) is 0.824. The first-order valence-electron chi connectivity index (χ1n) is 5.58. The van der Waals surface area contributed by atoms with E-state index in [2.05, 4.69) is 20.3 Å². The molecule has 2 heterocycles. The maximum absolute atomic E-state index is 5.91. The van der Waals surface area contributed by atoms with Crippen molar-refractivity contribution in [2.24, 2.45) is 0 Å². The lowest BCUT2D eigenvalue weighted by atomic mass is 10.3. The van der Waals surface area contributed by atoms with E-state index in [1.54, 1.807) is 19.4 Å². The molecule has 0 radical (unpaired) electrons. The van der Waals surface area contributed by atoms with Gasteiger partial charge in [-0.3, -0.25) is 0 Å². The zero-order valence-electron chi connectivity index (χ0n) is 10.3. The van der Waals surface area contributed by atoms with Crippen LogP contribution in [0.15, 0.2) is 18.7 Å². The van der Waals surface area contributed by atoms with Crippen LogP contribution in [0.3, 0.4) is 0 Å². The van der Waals surface area contributed by atoms with Gasteiger partial charge < -0.3 is 15.6 Å². The Labute approximate surface area is 110 Å². The number of hydrogen-bond acceptors (Lipinski definition) is 5. The number of nitrogen functional groups attached to an aromatic ring is 1. The molecule has 1 unspecified atom stereocenters. The second-order valence-electron chi connectivity index (χ2n) is 4.15. The third-order valence-corrected chi connectivity index (χ3v) is 2.70. The molecule has 0 fully saturated rings. The summed E-state index contributed by atoms with van der Waals surface area (Å²) < 4.78 is 1.98. The third-order valence-electron chi connectivity index (χ3n) is 2.54. The summed E-state index contributed by atoms with van der Waals surface area (Å²) in [4.78, 5) is 12.1. The molecule has 0 spiro atoms. The van der Waals surface area contributed by atoms with Crippen LogP contribution >= 0.6 is 11.6 Å². The Kier molecular flexibility index (Phi) is 3.66. The van der Waals surface area contributed by atoms with Crippen molar-refractivity contribution in [3.8, 4) is 0 Å². The van der Waals surface area contributed by atoms with E-state index in [0.717, 1.165) is 6.54 Å². The van der Waals surface area contributed by atoms with Crippen molar-refractivity contribution in [1.29, 1.82) is 0 Å². The molecule has 3 N–H and O–H groups in total. The largest absolute Gasteiger partial charge is 0.394 e. The number of hydrogen-bond donors (Lipinski definition) is 2. The maximum atomic E-state index is 5.91. The molecule has 2 rings (SSSR count). The van der Waals surface area contributed by atoms with Crippen molar-refractivity contribution in [3.05, 3.63) is 29.7 Å². The second-order valence-corrected chi connectivity index (χ2v) is 4.48. The van der Waals surface area contributed by atoms with E-state index in [1.165, 1.54) is 0 Å². The molecule has 96 valence electrons. The van der Waals surface area contributed by atoms with Gasteiger partial charge in [0.1, 0.15) is 0 Å². The SMILES string of the molecule is Cc1nc(Cl)nc(NC(C)Cn2ccnc2)c1N. The van der Waals surface area contributed by atoms with E-state index in [0.29, 0.717) is 17.2 Å². The predicted molar refractivity (Wildman–Crippen MR) is 71.5 cm³/mol. The van der Waals surface area contributed by atoms with Crippen LogP contribution in [0.2, 0.25) is 5.28 Å². The number of anilines is 2. The molecule has 2 aromatic heterocycles. The number of imidazole rings is 1. The Morgan fingerprint density at radius 2 is 2.28 bits per heavy atom. The van der Waals surface area contributed by atoms with Crippen LogP contribution in [0.5, 0.6) is 0 Å². The standard InChI is InChI=1S/C11H15ClN6/c1-7(5-18-4-3-14-6-18)15-10-9(13)8(2)16-11(12)17-10/h3-4,6-7H,5,13H2,1-2H3,(H,15,16,17). The normalized spacial score (nSPS) is 12.4. The topological polar surface area (TPSA) is 81.7 Å². The number of rotatable bonds is 4. The first kappa shape index (κ1) is 12.6. The molecule has 7 heteroatoms. The lowest BCUT2D eigenvalue weighted by Crippen LogP contribution is -2.23.